The quantitative estimate of drug-likeness (QED) is 0.855. The van der Waals surface area contributed by atoms with Gasteiger partial charge in [-0.05, 0) is 62.7 Å². The first-order chi connectivity index (χ1) is 10.0. The number of hydrogen-bond donors (Lipinski definition) is 1. The molecule has 0 radical (unpaired) electrons. The Kier molecular flexibility index (Phi) is 4.97. The summed E-state index contributed by atoms with van der Waals surface area (Å²) in [5.41, 5.74) is 2.63. The van der Waals surface area contributed by atoms with E-state index in [0.717, 1.165) is 17.7 Å². The van der Waals surface area contributed by atoms with Crippen LogP contribution in [0.25, 0.3) is 0 Å². The summed E-state index contributed by atoms with van der Waals surface area (Å²) in [5, 5.41) is 3.13. The monoisotopic (exact) mass is 287 g/mol. The zero-order chi connectivity index (χ0) is 15.4. The van der Waals surface area contributed by atoms with Crippen molar-refractivity contribution in [2.75, 3.05) is 7.05 Å². The van der Waals surface area contributed by atoms with Gasteiger partial charge in [0.2, 0.25) is 0 Å². The third kappa shape index (κ3) is 3.61. The molecule has 0 bridgehead atoms. The zero-order valence-electron chi connectivity index (χ0n) is 13.0. The van der Waals surface area contributed by atoms with Crippen molar-refractivity contribution in [1.29, 1.82) is 0 Å². The normalized spacial score (nSPS) is 12.2. The van der Waals surface area contributed by atoms with E-state index in [9.17, 15) is 4.39 Å². The molecule has 21 heavy (non-hydrogen) atoms. The Morgan fingerprint density at radius 3 is 2.67 bits per heavy atom. The highest BCUT2D eigenvalue weighted by atomic mass is 19.1. The van der Waals surface area contributed by atoms with Gasteiger partial charge in [-0.15, -0.1) is 0 Å². The molecule has 2 rings (SSSR count). The smallest absolute Gasteiger partial charge is 0.132 e. The van der Waals surface area contributed by atoms with Crippen LogP contribution in [0.1, 0.15) is 36.6 Å². The van der Waals surface area contributed by atoms with Crippen molar-refractivity contribution in [1.82, 2.24) is 5.32 Å². The number of aryl methyl sites for hydroxylation is 2. The predicted octanol–water partition coefficient (Wildman–Crippen LogP) is 4.77. The van der Waals surface area contributed by atoms with Crippen LogP contribution in [0.3, 0.4) is 0 Å². The molecule has 112 valence electrons. The third-order valence-corrected chi connectivity index (χ3v) is 3.73. The van der Waals surface area contributed by atoms with Crippen LogP contribution >= 0.6 is 0 Å². The molecule has 0 amide bonds. The molecule has 1 N–H and O–H groups in total. The van der Waals surface area contributed by atoms with Gasteiger partial charge < -0.3 is 10.1 Å². The highest BCUT2D eigenvalue weighted by molar-refractivity contribution is 5.43. The molecule has 0 saturated carbocycles. The Morgan fingerprint density at radius 2 is 2.00 bits per heavy atom. The van der Waals surface area contributed by atoms with E-state index in [1.807, 2.05) is 32.2 Å². The SMILES string of the molecule is CCc1cccc(Oc2cc(C)c(F)cc2C(C)NC)c1. The van der Waals surface area contributed by atoms with E-state index in [0.29, 0.717) is 11.3 Å². The lowest BCUT2D eigenvalue weighted by atomic mass is 10.0. The van der Waals surface area contributed by atoms with Crippen LogP contribution in [0.2, 0.25) is 0 Å². The van der Waals surface area contributed by atoms with E-state index in [1.165, 1.54) is 5.56 Å². The molecule has 0 aliphatic carbocycles. The van der Waals surface area contributed by atoms with Gasteiger partial charge in [0, 0.05) is 11.6 Å². The first-order valence-corrected chi connectivity index (χ1v) is 7.29. The van der Waals surface area contributed by atoms with Gasteiger partial charge in [0.1, 0.15) is 17.3 Å². The molecule has 3 heteroatoms. The topological polar surface area (TPSA) is 21.3 Å². The molecule has 0 aliphatic heterocycles. The highest BCUT2D eigenvalue weighted by Crippen LogP contribution is 2.32. The van der Waals surface area contributed by atoms with Crippen LogP contribution in [0.4, 0.5) is 4.39 Å². The fraction of sp³-hybridized carbons (Fsp3) is 0.333. The van der Waals surface area contributed by atoms with E-state index in [4.69, 9.17) is 4.74 Å². The number of hydrogen-bond acceptors (Lipinski definition) is 2. The van der Waals surface area contributed by atoms with Crippen molar-refractivity contribution in [2.24, 2.45) is 0 Å². The van der Waals surface area contributed by atoms with Crippen molar-refractivity contribution in [3.63, 3.8) is 0 Å². The van der Waals surface area contributed by atoms with Crippen LogP contribution in [0.5, 0.6) is 11.5 Å². The summed E-state index contributed by atoms with van der Waals surface area (Å²) in [5.74, 6) is 1.27. The van der Waals surface area contributed by atoms with Crippen LogP contribution in [0.15, 0.2) is 36.4 Å². The van der Waals surface area contributed by atoms with Crippen molar-refractivity contribution in [3.8, 4) is 11.5 Å². The maximum Gasteiger partial charge on any atom is 0.132 e. The highest BCUT2D eigenvalue weighted by Gasteiger charge is 2.14. The number of nitrogens with one attached hydrogen (secondary N) is 1. The number of rotatable bonds is 5. The maximum atomic E-state index is 13.8. The first kappa shape index (κ1) is 15.5. The Morgan fingerprint density at radius 1 is 1.24 bits per heavy atom. The lowest BCUT2D eigenvalue weighted by Gasteiger charge is -2.18. The molecule has 1 unspecified atom stereocenters. The van der Waals surface area contributed by atoms with Crippen molar-refractivity contribution < 1.29 is 9.13 Å². The van der Waals surface area contributed by atoms with Crippen molar-refractivity contribution >= 4 is 0 Å². The van der Waals surface area contributed by atoms with Crippen LogP contribution in [0, 0.1) is 12.7 Å². The fourth-order valence-electron chi connectivity index (χ4n) is 2.21. The molecule has 0 saturated heterocycles. The minimum Gasteiger partial charge on any atom is -0.457 e. The van der Waals surface area contributed by atoms with Gasteiger partial charge >= 0.3 is 0 Å². The summed E-state index contributed by atoms with van der Waals surface area (Å²) in [6.45, 7) is 5.84. The third-order valence-electron chi connectivity index (χ3n) is 3.73. The summed E-state index contributed by atoms with van der Waals surface area (Å²) < 4.78 is 19.8. The second kappa shape index (κ2) is 6.72. The van der Waals surface area contributed by atoms with Gasteiger partial charge in [0.15, 0.2) is 0 Å². The second-order valence-electron chi connectivity index (χ2n) is 5.25. The molecule has 2 aromatic carbocycles. The van der Waals surface area contributed by atoms with E-state index in [-0.39, 0.29) is 11.9 Å². The predicted molar refractivity (Wildman–Crippen MR) is 84.5 cm³/mol. The zero-order valence-corrected chi connectivity index (χ0v) is 13.0. The summed E-state index contributed by atoms with van der Waals surface area (Å²) in [6, 6.07) is 11.3. The second-order valence-corrected chi connectivity index (χ2v) is 5.25. The molecule has 0 heterocycles. The van der Waals surface area contributed by atoms with Crippen LogP contribution < -0.4 is 10.1 Å². The van der Waals surface area contributed by atoms with Gasteiger partial charge in [-0.2, -0.15) is 0 Å². The van der Waals surface area contributed by atoms with Gasteiger partial charge in [0.25, 0.3) is 0 Å². The maximum absolute atomic E-state index is 13.8. The Hall–Kier alpha value is -1.87. The summed E-state index contributed by atoms with van der Waals surface area (Å²) in [4.78, 5) is 0. The molecule has 2 aromatic rings. The van der Waals surface area contributed by atoms with Crippen LogP contribution in [-0.2, 0) is 6.42 Å². The van der Waals surface area contributed by atoms with E-state index in [1.54, 1.807) is 19.1 Å². The van der Waals surface area contributed by atoms with Crippen molar-refractivity contribution in [2.45, 2.75) is 33.2 Å². The van der Waals surface area contributed by atoms with Crippen molar-refractivity contribution in [3.05, 3.63) is 58.9 Å². The Bertz CT molecular complexity index is 625. The average molecular weight is 287 g/mol. The molecule has 0 aliphatic rings. The standard InChI is InChI=1S/C18H22FNO/c1-5-14-7-6-8-15(10-14)21-18-9-12(2)17(19)11-16(18)13(3)20-4/h6-11,13,20H,5H2,1-4H3. The molecule has 0 fully saturated rings. The molecular formula is C18H22FNO. The Balaban J connectivity index is 2.39. The summed E-state index contributed by atoms with van der Waals surface area (Å²) >= 11 is 0. The van der Waals surface area contributed by atoms with E-state index < -0.39 is 0 Å². The van der Waals surface area contributed by atoms with Crippen LogP contribution in [-0.4, -0.2) is 7.05 Å². The van der Waals surface area contributed by atoms with Gasteiger partial charge in [-0.3, -0.25) is 0 Å². The Labute approximate surface area is 126 Å². The van der Waals surface area contributed by atoms with Gasteiger partial charge in [-0.25, -0.2) is 4.39 Å². The lowest BCUT2D eigenvalue weighted by Crippen LogP contribution is -2.13. The molecule has 2 nitrogen and oxygen atoms in total. The van der Waals surface area contributed by atoms with Gasteiger partial charge in [-0.1, -0.05) is 19.1 Å². The molecular weight excluding hydrogens is 265 g/mol. The summed E-state index contributed by atoms with van der Waals surface area (Å²) in [7, 11) is 1.85. The molecule has 0 spiro atoms. The van der Waals surface area contributed by atoms with E-state index >= 15 is 0 Å². The number of halogens is 1. The lowest BCUT2D eigenvalue weighted by molar-refractivity contribution is 0.461. The first-order valence-electron chi connectivity index (χ1n) is 7.29. The average Bonchev–Trinajstić information content (AvgIpc) is 2.50. The number of ether oxygens (including phenoxy) is 1. The minimum absolute atomic E-state index is 0.0180. The summed E-state index contributed by atoms with van der Waals surface area (Å²) in [6.07, 6.45) is 0.958. The van der Waals surface area contributed by atoms with E-state index in [2.05, 4.69) is 18.3 Å². The molecule has 0 aromatic heterocycles. The minimum atomic E-state index is -0.207. The number of benzene rings is 2. The fourth-order valence-corrected chi connectivity index (χ4v) is 2.21. The molecule has 1 atom stereocenters. The largest absolute Gasteiger partial charge is 0.457 e. The van der Waals surface area contributed by atoms with Gasteiger partial charge in [0.05, 0.1) is 0 Å².